The molecule has 1 aromatic heterocycles. The van der Waals surface area contributed by atoms with Crippen molar-refractivity contribution in [3.63, 3.8) is 0 Å². The first-order valence-corrected chi connectivity index (χ1v) is 12.5. The lowest BCUT2D eigenvalue weighted by Gasteiger charge is -2.39. The zero-order valence-electron chi connectivity index (χ0n) is 21.1. The molecule has 178 valence electrons. The summed E-state index contributed by atoms with van der Waals surface area (Å²) in [5.74, 6) is 1.03. The van der Waals surface area contributed by atoms with Crippen molar-refractivity contribution in [2.45, 2.75) is 59.9 Å². The van der Waals surface area contributed by atoms with Gasteiger partial charge in [0.2, 0.25) is 0 Å². The highest BCUT2D eigenvalue weighted by Gasteiger charge is 2.51. The van der Waals surface area contributed by atoms with Crippen LogP contribution >= 0.6 is 0 Å². The lowest BCUT2D eigenvalue weighted by molar-refractivity contribution is 0.0707. The van der Waals surface area contributed by atoms with Crippen LogP contribution < -0.4 is 4.74 Å². The highest BCUT2D eigenvalue weighted by Crippen LogP contribution is 2.53. The van der Waals surface area contributed by atoms with E-state index in [1.54, 1.807) is 0 Å². The fourth-order valence-electron chi connectivity index (χ4n) is 6.69. The number of fused-ring (bicyclic) bond motifs is 2. The van der Waals surface area contributed by atoms with E-state index in [9.17, 15) is 4.79 Å². The lowest BCUT2D eigenvalue weighted by atomic mass is 9.65. The molecule has 1 aliphatic carbocycles. The fourth-order valence-corrected chi connectivity index (χ4v) is 6.69. The van der Waals surface area contributed by atoms with Crippen molar-refractivity contribution in [1.29, 1.82) is 0 Å². The van der Waals surface area contributed by atoms with E-state index in [0.717, 1.165) is 53.3 Å². The van der Waals surface area contributed by atoms with E-state index in [0.29, 0.717) is 12.6 Å². The number of benzene rings is 2. The second-order valence-electron chi connectivity index (χ2n) is 11.3. The van der Waals surface area contributed by atoms with Crippen LogP contribution in [-0.4, -0.2) is 34.6 Å². The van der Waals surface area contributed by atoms with Crippen molar-refractivity contribution in [2.75, 3.05) is 13.2 Å². The number of ether oxygens (including phenoxy) is 1. The predicted octanol–water partition coefficient (Wildman–Crippen LogP) is 6.89. The molecule has 5 rings (SSSR count). The number of aromatic nitrogens is 1. The maximum atomic E-state index is 14.0. The molecule has 4 nitrogen and oxygen atoms in total. The molecule has 2 atom stereocenters. The molecule has 0 N–H and O–H groups in total. The van der Waals surface area contributed by atoms with E-state index in [-0.39, 0.29) is 16.7 Å². The minimum atomic E-state index is 0.172. The van der Waals surface area contributed by atoms with Crippen LogP contribution in [0.25, 0.3) is 16.9 Å². The third kappa shape index (κ3) is 4.04. The summed E-state index contributed by atoms with van der Waals surface area (Å²) >= 11 is 0. The first-order valence-electron chi connectivity index (χ1n) is 12.5. The molecule has 1 aliphatic heterocycles. The van der Waals surface area contributed by atoms with Gasteiger partial charge in [-0.15, -0.1) is 0 Å². The Bertz CT molecular complexity index is 1190. The van der Waals surface area contributed by atoms with Gasteiger partial charge in [-0.05, 0) is 79.8 Å². The number of hydrogen-bond donors (Lipinski definition) is 0. The molecular weight excluding hydrogens is 420 g/mol. The largest absolute Gasteiger partial charge is 0.494 e. The van der Waals surface area contributed by atoms with E-state index < -0.39 is 0 Å². The third-order valence-corrected chi connectivity index (χ3v) is 7.63. The number of hydrogen-bond acceptors (Lipinski definition) is 2. The molecule has 2 unspecified atom stereocenters. The number of nitrogens with zero attached hydrogens (tertiary/aromatic N) is 2. The molecule has 1 saturated carbocycles. The first-order chi connectivity index (χ1) is 16.2. The number of rotatable bonds is 5. The zero-order chi connectivity index (χ0) is 24.1. The molecule has 2 aromatic carbocycles. The van der Waals surface area contributed by atoms with Crippen molar-refractivity contribution in [2.24, 2.45) is 10.8 Å². The average Bonchev–Trinajstić information content (AvgIpc) is 3.27. The van der Waals surface area contributed by atoms with Crippen LogP contribution in [0, 0.1) is 17.8 Å². The summed E-state index contributed by atoms with van der Waals surface area (Å²) in [4.78, 5) is 16.2. The van der Waals surface area contributed by atoms with Crippen molar-refractivity contribution >= 4 is 5.91 Å². The predicted molar refractivity (Wildman–Crippen MR) is 138 cm³/mol. The maximum absolute atomic E-state index is 14.0. The van der Waals surface area contributed by atoms with Gasteiger partial charge in [0.15, 0.2) is 0 Å². The van der Waals surface area contributed by atoms with Crippen LogP contribution in [0.4, 0.5) is 0 Å². The molecule has 1 saturated heterocycles. The smallest absolute Gasteiger partial charge is 0.255 e. The van der Waals surface area contributed by atoms with Crippen LogP contribution in [0.1, 0.15) is 63.0 Å². The number of likely N-dealkylation sites (tertiary alicyclic amines) is 1. The van der Waals surface area contributed by atoms with E-state index in [2.05, 4.69) is 67.5 Å². The SMILES string of the molecule is CCOc1ccc(-n2c(-c3ccccc3)cc(C(=O)N3CC4(C)CC3CC(C)(C)C4)c2C)cc1. The number of amides is 1. The molecule has 2 heterocycles. The van der Waals surface area contributed by atoms with Crippen molar-refractivity contribution in [3.05, 3.63) is 71.9 Å². The van der Waals surface area contributed by atoms with Gasteiger partial charge >= 0.3 is 0 Å². The van der Waals surface area contributed by atoms with E-state index in [4.69, 9.17) is 4.74 Å². The Hall–Kier alpha value is -3.01. The van der Waals surface area contributed by atoms with Gasteiger partial charge in [0, 0.05) is 24.0 Å². The van der Waals surface area contributed by atoms with Crippen LogP contribution in [0.2, 0.25) is 0 Å². The Morgan fingerprint density at radius 2 is 1.74 bits per heavy atom. The van der Waals surface area contributed by atoms with Gasteiger partial charge in [0.05, 0.1) is 17.9 Å². The summed E-state index contributed by atoms with van der Waals surface area (Å²) in [6.07, 6.45) is 3.38. The Morgan fingerprint density at radius 1 is 1.03 bits per heavy atom. The van der Waals surface area contributed by atoms with Gasteiger partial charge in [-0.25, -0.2) is 0 Å². The minimum Gasteiger partial charge on any atom is -0.494 e. The van der Waals surface area contributed by atoms with E-state index in [1.807, 2.05) is 37.3 Å². The normalized spacial score (nSPS) is 23.2. The third-order valence-electron chi connectivity index (χ3n) is 7.63. The number of carbonyl (C=O) groups excluding carboxylic acids is 1. The highest BCUT2D eigenvalue weighted by molar-refractivity contribution is 5.98. The highest BCUT2D eigenvalue weighted by atomic mass is 16.5. The Kier molecular flexibility index (Phi) is 5.58. The minimum absolute atomic E-state index is 0.172. The molecular formula is C30H36N2O2. The second-order valence-corrected chi connectivity index (χ2v) is 11.3. The summed E-state index contributed by atoms with van der Waals surface area (Å²) in [7, 11) is 0. The topological polar surface area (TPSA) is 34.5 Å². The Labute approximate surface area is 203 Å². The van der Waals surface area contributed by atoms with Gasteiger partial charge in [-0.1, -0.05) is 51.1 Å². The second kappa shape index (κ2) is 8.33. The molecule has 2 aliphatic rings. The molecule has 1 amide bonds. The molecule has 34 heavy (non-hydrogen) atoms. The standard InChI is InChI=1S/C30H36N2O2/c1-6-34-25-14-12-23(13-15-25)32-21(2)26(16-27(32)22-10-8-7-9-11-22)28(33)31-20-30(5)18-24(31)17-29(3,4)19-30/h7-16,24H,6,17-20H2,1-5H3. The fraction of sp³-hybridized carbons (Fsp3) is 0.433. The first kappa shape index (κ1) is 22.8. The molecule has 2 fully saturated rings. The van der Waals surface area contributed by atoms with Crippen molar-refractivity contribution < 1.29 is 9.53 Å². The molecule has 0 spiro atoms. The maximum Gasteiger partial charge on any atom is 0.255 e. The molecule has 4 heteroatoms. The van der Waals surface area contributed by atoms with Gasteiger partial charge < -0.3 is 14.2 Å². The van der Waals surface area contributed by atoms with Gasteiger partial charge in [-0.3, -0.25) is 4.79 Å². The van der Waals surface area contributed by atoms with Gasteiger partial charge in [0.25, 0.3) is 5.91 Å². The summed E-state index contributed by atoms with van der Waals surface area (Å²) in [5.41, 5.74) is 5.47. The zero-order valence-corrected chi connectivity index (χ0v) is 21.1. The summed E-state index contributed by atoms with van der Waals surface area (Å²) in [6.45, 7) is 12.6. The van der Waals surface area contributed by atoms with Crippen molar-refractivity contribution in [3.8, 4) is 22.7 Å². The lowest BCUT2D eigenvalue weighted by Crippen LogP contribution is -2.37. The van der Waals surface area contributed by atoms with Crippen molar-refractivity contribution in [1.82, 2.24) is 9.47 Å². The van der Waals surface area contributed by atoms with Crippen LogP contribution in [0.5, 0.6) is 5.75 Å². The quantitative estimate of drug-likeness (QED) is 0.419. The van der Waals surface area contributed by atoms with E-state index in [1.165, 1.54) is 6.42 Å². The molecule has 3 aromatic rings. The van der Waals surface area contributed by atoms with Crippen LogP contribution in [0.3, 0.4) is 0 Å². The Morgan fingerprint density at radius 3 is 2.41 bits per heavy atom. The monoisotopic (exact) mass is 456 g/mol. The molecule has 0 radical (unpaired) electrons. The number of carbonyl (C=O) groups is 1. The van der Waals surface area contributed by atoms with Crippen LogP contribution in [0.15, 0.2) is 60.7 Å². The summed E-state index contributed by atoms with van der Waals surface area (Å²) < 4.78 is 7.86. The van der Waals surface area contributed by atoms with Crippen LogP contribution in [-0.2, 0) is 0 Å². The Balaban J connectivity index is 1.57. The average molecular weight is 457 g/mol. The molecule has 2 bridgehead atoms. The summed E-state index contributed by atoms with van der Waals surface area (Å²) in [6, 6.07) is 20.9. The van der Waals surface area contributed by atoms with Gasteiger partial charge in [0.1, 0.15) is 5.75 Å². The van der Waals surface area contributed by atoms with Gasteiger partial charge in [-0.2, -0.15) is 0 Å². The summed E-state index contributed by atoms with van der Waals surface area (Å²) in [5, 5.41) is 0. The van der Waals surface area contributed by atoms with E-state index >= 15 is 0 Å².